The SMILES string of the molecule is CNCc1ccc(-c2ccnc(-c3cccc4c3CCC4Nc3nc(OC)c(CNC)cc3C(F)(F)F)c2Cl)nc1OC. The van der Waals surface area contributed by atoms with Crippen molar-refractivity contribution in [3.8, 4) is 34.3 Å². The number of aromatic nitrogens is 3. The standard InChI is InChI=1S/C31H32ClF3N6O2/c1-36-15-17-8-10-25(40-29(17)42-3)22-12-13-38-27(26(22)32)21-7-5-6-20-19(21)9-11-24(20)39-28-23(31(33,34)35)14-18(16-37-2)30(41-28)43-4/h5-8,10,12-14,24,36-37H,9,11,15-16H2,1-4H3,(H,39,41). The molecule has 3 heterocycles. The molecule has 1 unspecified atom stereocenters. The molecule has 1 aromatic carbocycles. The van der Waals surface area contributed by atoms with Crippen LogP contribution >= 0.6 is 11.6 Å². The first-order chi connectivity index (χ1) is 20.7. The highest BCUT2D eigenvalue weighted by Gasteiger charge is 2.37. The fourth-order valence-corrected chi connectivity index (χ4v) is 5.81. The highest BCUT2D eigenvalue weighted by molar-refractivity contribution is 6.35. The molecule has 0 amide bonds. The molecule has 8 nitrogen and oxygen atoms in total. The number of pyridine rings is 3. The lowest BCUT2D eigenvalue weighted by molar-refractivity contribution is -0.137. The summed E-state index contributed by atoms with van der Waals surface area (Å²) in [5, 5.41) is 9.44. The summed E-state index contributed by atoms with van der Waals surface area (Å²) in [6.45, 7) is 0.786. The fraction of sp³-hybridized carbons (Fsp3) is 0.323. The van der Waals surface area contributed by atoms with Crippen LogP contribution in [0.4, 0.5) is 19.0 Å². The third-order valence-corrected chi connectivity index (χ3v) is 7.81. The van der Waals surface area contributed by atoms with Crippen LogP contribution in [0.25, 0.3) is 22.5 Å². The number of methoxy groups -OCH3 is 2. The van der Waals surface area contributed by atoms with Gasteiger partial charge in [0.15, 0.2) is 0 Å². The summed E-state index contributed by atoms with van der Waals surface area (Å²) < 4.78 is 53.1. The van der Waals surface area contributed by atoms with Gasteiger partial charge in [-0.25, -0.2) is 4.98 Å². The van der Waals surface area contributed by atoms with Gasteiger partial charge in [0.2, 0.25) is 11.8 Å². The molecule has 1 aliphatic carbocycles. The van der Waals surface area contributed by atoms with Crippen molar-refractivity contribution in [3.05, 3.63) is 81.5 Å². The second-order valence-electron chi connectivity index (χ2n) is 10.1. The van der Waals surface area contributed by atoms with Crippen LogP contribution in [0.1, 0.15) is 40.3 Å². The van der Waals surface area contributed by atoms with E-state index in [4.69, 9.17) is 21.1 Å². The summed E-state index contributed by atoms with van der Waals surface area (Å²) in [6, 6.07) is 12.0. The molecule has 3 aromatic heterocycles. The normalized spacial score (nSPS) is 14.5. The summed E-state index contributed by atoms with van der Waals surface area (Å²) in [5.74, 6) is 0.361. The number of nitrogens with one attached hydrogen (secondary N) is 3. The van der Waals surface area contributed by atoms with Gasteiger partial charge in [0.05, 0.1) is 42.2 Å². The van der Waals surface area contributed by atoms with Crippen LogP contribution in [-0.4, -0.2) is 43.3 Å². The average molecular weight is 613 g/mol. The Hall–Kier alpha value is -3.93. The maximum atomic E-state index is 14.1. The molecule has 43 heavy (non-hydrogen) atoms. The van der Waals surface area contributed by atoms with Crippen molar-refractivity contribution in [2.45, 2.75) is 38.1 Å². The number of anilines is 1. The molecule has 0 saturated heterocycles. The van der Waals surface area contributed by atoms with Crippen molar-refractivity contribution < 1.29 is 22.6 Å². The number of halogens is 4. The first-order valence-corrected chi connectivity index (χ1v) is 14.1. The van der Waals surface area contributed by atoms with Gasteiger partial charge in [-0.3, -0.25) is 4.98 Å². The lowest BCUT2D eigenvalue weighted by Gasteiger charge is -2.21. The largest absolute Gasteiger partial charge is 0.481 e. The smallest absolute Gasteiger partial charge is 0.419 e. The van der Waals surface area contributed by atoms with E-state index in [1.54, 1.807) is 26.4 Å². The minimum atomic E-state index is -4.60. The molecule has 5 rings (SSSR count). The zero-order chi connectivity index (χ0) is 30.7. The van der Waals surface area contributed by atoms with Crippen LogP contribution in [-0.2, 0) is 25.7 Å². The van der Waals surface area contributed by atoms with Crippen molar-refractivity contribution in [3.63, 3.8) is 0 Å². The van der Waals surface area contributed by atoms with Crippen LogP contribution in [0.15, 0.2) is 48.7 Å². The number of fused-ring (bicyclic) bond motifs is 1. The maximum Gasteiger partial charge on any atom is 0.419 e. The van der Waals surface area contributed by atoms with Crippen molar-refractivity contribution >= 4 is 17.4 Å². The first-order valence-electron chi connectivity index (χ1n) is 13.7. The van der Waals surface area contributed by atoms with Gasteiger partial charge in [-0.1, -0.05) is 35.9 Å². The average Bonchev–Trinajstić information content (AvgIpc) is 3.40. The predicted octanol–water partition coefficient (Wildman–Crippen LogP) is 6.43. The van der Waals surface area contributed by atoms with Crippen LogP contribution < -0.4 is 25.4 Å². The van der Waals surface area contributed by atoms with Gasteiger partial charge < -0.3 is 25.4 Å². The van der Waals surface area contributed by atoms with E-state index in [-0.39, 0.29) is 18.2 Å². The summed E-state index contributed by atoms with van der Waals surface area (Å²) in [7, 11) is 6.46. The third-order valence-electron chi connectivity index (χ3n) is 7.43. The zero-order valence-electron chi connectivity index (χ0n) is 24.2. The number of benzene rings is 1. The van der Waals surface area contributed by atoms with E-state index >= 15 is 0 Å². The molecule has 0 bridgehead atoms. The van der Waals surface area contributed by atoms with Gasteiger partial charge in [-0.2, -0.15) is 18.2 Å². The number of rotatable bonds is 10. The Labute approximate surface area is 253 Å². The van der Waals surface area contributed by atoms with E-state index < -0.39 is 17.8 Å². The number of hydrogen-bond donors (Lipinski definition) is 3. The minimum absolute atomic E-state index is 0.133. The Morgan fingerprint density at radius 1 is 0.930 bits per heavy atom. The topological polar surface area (TPSA) is 93.2 Å². The van der Waals surface area contributed by atoms with E-state index in [2.05, 4.69) is 30.9 Å². The van der Waals surface area contributed by atoms with E-state index in [9.17, 15) is 13.2 Å². The molecular weight excluding hydrogens is 581 g/mol. The van der Waals surface area contributed by atoms with Gasteiger partial charge in [0.1, 0.15) is 5.82 Å². The summed E-state index contributed by atoms with van der Waals surface area (Å²) in [4.78, 5) is 13.5. The lowest BCUT2D eigenvalue weighted by Crippen LogP contribution is -2.18. The Morgan fingerprint density at radius 2 is 1.65 bits per heavy atom. The van der Waals surface area contributed by atoms with Crippen LogP contribution in [0, 0.1) is 0 Å². The highest BCUT2D eigenvalue weighted by atomic mass is 35.5. The van der Waals surface area contributed by atoms with Crippen molar-refractivity contribution in [2.75, 3.05) is 33.6 Å². The van der Waals surface area contributed by atoms with E-state index in [0.29, 0.717) is 52.8 Å². The summed E-state index contributed by atoms with van der Waals surface area (Å²) >= 11 is 6.96. The number of alkyl halides is 3. The molecule has 12 heteroatoms. The van der Waals surface area contributed by atoms with Gasteiger partial charge in [-0.15, -0.1) is 0 Å². The molecule has 0 spiro atoms. The van der Waals surface area contributed by atoms with Gasteiger partial charge >= 0.3 is 6.18 Å². The number of hydrogen-bond acceptors (Lipinski definition) is 8. The molecular formula is C31H32ClF3N6O2. The molecule has 1 atom stereocenters. The monoisotopic (exact) mass is 612 g/mol. The molecule has 4 aromatic rings. The molecule has 0 fully saturated rings. The van der Waals surface area contributed by atoms with Crippen LogP contribution in [0.3, 0.4) is 0 Å². The first kappa shape index (κ1) is 30.5. The zero-order valence-corrected chi connectivity index (χ0v) is 25.0. The van der Waals surface area contributed by atoms with E-state index in [1.165, 1.54) is 7.11 Å². The molecule has 0 saturated carbocycles. The van der Waals surface area contributed by atoms with Gasteiger partial charge in [0, 0.05) is 41.5 Å². The van der Waals surface area contributed by atoms with E-state index in [0.717, 1.165) is 28.3 Å². The fourth-order valence-electron chi connectivity index (χ4n) is 5.50. The van der Waals surface area contributed by atoms with Gasteiger partial charge in [-0.05, 0) is 56.3 Å². The van der Waals surface area contributed by atoms with Crippen LogP contribution in [0.5, 0.6) is 11.8 Å². The number of ether oxygens (including phenoxy) is 2. The number of nitrogens with zero attached hydrogens (tertiary/aromatic N) is 3. The summed E-state index contributed by atoms with van der Waals surface area (Å²) in [5.41, 5.74) is 4.95. The third kappa shape index (κ3) is 6.11. The Morgan fingerprint density at radius 3 is 2.35 bits per heavy atom. The molecule has 226 valence electrons. The highest BCUT2D eigenvalue weighted by Crippen LogP contribution is 2.44. The lowest BCUT2D eigenvalue weighted by atomic mass is 9.98. The summed E-state index contributed by atoms with van der Waals surface area (Å²) in [6.07, 6.45) is -1.75. The quantitative estimate of drug-likeness (QED) is 0.189. The van der Waals surface area contributed by atoms with Crippen molar-refractivity contribution in [1.82, 2.24) is 25.6 Å². The van der Waals surface area contributed by atoms with Crippen molar-refractivity contribution in [1.29, 1.82) is 0 Å². The molecule has 1 aliphatic rings. The maximum absolute atomic E-state index is 14.1. The second kappa shape index (κ2) is 12.7. The Balaban J connectivity index is 1.51. The minimum Gasteiger partial charge on any atom is -0.481 e. The second-order valence-corrected chi connectivity index (χ2v) is 10.5. The van der Waals surface area contributed by atoms with Crippen LogP contribution in [0.2, 0.25) is 5.02 Å². The van der Waals surface area contributed by atoms with Crippen molar-refractivity contribution in [2.24, 2.45) is 0 Å². The Bertz CT molecular complexity index is 1630. The predicted molar refractivity (Wildman–Crippen MR) is 160 cm³/mol. The molecule has 3 N–H and O–H groups in total. The molecule has 0 radical (unpaired) electrons. The van der Waals surface area contributed by atoms with Gasteiger partial charge in [0.25, 0.3) is 0 Å². The van der Waals surface area contributed by atoms with E-state index in [1.807, 2.05) is 37.4 Å². The Kier molecular flexibility index (Phi) is 9.05. The molecule has 0 aliphatic heterocycles.